The molecule has 1 N–H and O–H groups in total. The zero-order valence-corrected chi connectivity index (χ0v) is 15.6. The molecule has 0 unspecified atom stereocenters. The molecule has 0 spiro atoms. The lowest BCUT2D eigenvalue weighted by Crippen LogP contribution is -2.28. The number of ether oxygens (including phenoxy) is 1. The standard InChI is InChI=1S/C19H19N3O3S/c1-4-22-19(24)18(20-14-6-5-7-15(10-14)25-3)16(12(2)23)17(21-22)13-8-9-26-11-13/h5-11,20H,4H2,1-3H3. The number of rotatable bonds is 6. The van der Waals surface area contributed by atoms with Crippen LogP contribution in [-0.4, -0.2) is 22.7 Å². The average Bonchev–Trinajstić information content (AvgIpc) is 3.17. The summed E-state index contributed by atoms with van der Waals surface area (Å²) in [5.74, 6) is 0.437. The van der Waals surface area contributed by atoms with Gasteiger partial charge in [0, 0.05) is 29.2 Å². The van der Waals surface area contributed by atoms with Gasteiger partial charge in [-0.1, -0.05) is 6.07 Å². The maximum atomic E-state index is 12.9. The maximum absolute atomic E-state index is 12.9. The first-order valence-corrected chi connectivity index (χ1v) is 9.09. The van der Waals surface area contributed by atoms with Crippen LogP contribution < -0.4 is 15.6 Å². The molecule has 0 aliphatic rings. The summed E-state index contributed by atoms with van der Waals surface area (Å²) in [6, 6.07) is 9.09. The van der Waals surface area contributed by atoms with Crippen LogP contribution >= 0.6 is 11.3 Å². The van der Waals surface area contributed by atoms with E-state index in [1.165, 1.54) is 22.9 Å². The van der Waals surface area contributed by atoms with Crippen molar-refractivity contribution in [1.82, 2.24) is 9.78 Å². The van der Waals surface area contributed by atoms with Gasteiger partial charge in [0.05, 0.1) is 12.7 Å². The van der Waals surface area contributed by atoms with Crippen LogP contribution in [0.2, 0.25) is 0 Å². The topological polar surface area (TPSA) is 73.2 Å². The second-order valence-electron chi connectivity index (χ2n) is 5.64. The molecule has 0 aliphatic carbocycles. The number of carbonyl (C=O) groups is 1. The molecule has 134 valence electrons. The molecule has 2 heterocycles. The first kappa shape index (κ1) is 17.9. The summed E-state index contributed by atoms with van der Waals surface area (Å²) in [6.45, 7) is 3.69. The highest BCUT2D eigenvalue weighted by Crippen LogP contribution is 2.29. The molecule has 0 bridgehead atoms. The van der Waals surface area contributed by atoms with E-state index in [0.29, 0.717) is 29.2 Å². The van der Waals surface area contributed by atoms with E-state index in [0.717, 1.165) is 5.56 Å². The average molecular weight is 369 g/mol. The Bertz CT molecular complexity index is 994. The first-order chi connectivity index (χ1) is 12.5. The molecule has 3 aromatic rings. The number of benzene rings is 1. The third kappa shape index (κ3) is 3.39. The number of Topliss-reactive ketones (excluding diaryl/α,β-unsaturated/α-hetero) is 1. The van der Waals surface area contributed by atoms with E-state index >= 15 is 0 Å². The highest BCUT2D eigenvalue weighted by atomic mass is 32.1. The number of nitrogens with zero attached hydrogens (tertiary/aromatic N) is 2. The predicted octanol–water partition coefficient (Wildman–Crippen LogP) is 3.95. The summed E-state index contributed by atoms with van der Waals surface area (Å²) < 4.78 is 6.59. The SMILES string of the molecule is CCn1nc(-c2ccsc2)c(C(C)=O)c(Nc2cccc(OC)c2)c1=O. The maximum Gasteiger partial charge on any atom is 0.291 e. The number of hydrogen-bond donors (Lipinski definition) is 1. The Labute approximate surface area is 155 Å². The Morgan fingerprint density at radius 3 is 2.77 bits per heavy atom. The van der Waals surface area contributed by atoms with Crippen LogP contribution in [-0.2, 0) is 6.54 Å². The Balaban J connectivity index is 2.23. The van der Waals surface area contributed by atoms with Gasteiger partial charge in [-0.15, -0.1) is 0 Å². The van der Waals surface area contributed by atoms with E-state index in [2.05, 4.69) is 10.4 Å². The van der Waals surface area contributed by atoms with Crippen molar-refractivity contribution in [3.63, 3.8) is 0 Å². The van der Waals surface area contributed by atoms with Crippen molar-refractivity contribution >= 4 is 28.5 Å². The van der Waals surface area contributed by atoms with Crippen LogP contribution in [0.4, 0.5) is 11.4 Å². The van der Waals surface area contributed by atoms with Gasteiger partial charge in [0.1, 0.15) is 17.1 Å². The molecular formula is C19H19N3O3S. The molecular weight excluding hydrogens is 350 g/mol. The van der Waals surface area contributed by atoms with Gasteiger partial charge >= 0.3 is 0 Å². The lowest BCUT2D eigenvalue weighted by Gasteiger charge is -2.15. The summed E-state index contributed by atoms with van der Waals surface area (Å²) in [4.78, 5) is 25.3. The van der Waals surface area contributed by atoms with Crippen LogP contribution in [0, 0.1) is 0 Å². The highest BCUT2D eigenvalue weighted by molar-refractivity contribution is 7.08. The monoisotopic (exact) mass is 369 g/mol. The number of methoxy groups -OCH3 is 1. The van der Waals surface area contributed by atoms with Gasteiger partial charge < -0.3 is 10.1 Å². The molecule has 3 rings (SSSR count). The molecule has 0 fully saturated rings. The number of nitrogens with one attached hydrogen (secondary N) is 1. The fraction of sp³-hybridized carbons (Fsp3) is 0.211. The Hall–Kier alpha value is -2.93. The third-order valence-electron chi connectivity index (χ3n) is 3.94. The fourth-order valence-corrected chi connectivity index (χ4v) is 3.33. The lowest BCUT2D eigenvalue weighted by atomic mass is 10.0. The molecule has 6 nitrogen and oxygen atoms in total. The van der Waals surface area contributed by atoms with Gasteiger partial charge in [0.2, 0.25) is 0 Å². The van der Waals surface area contributed by atoms with Crippen molar-refractivity contribution in [3.05, 3.63) is 57.0 Å². The van der Waals surface area contributed by atoms with E-state index in [1.54, 1.807) is 13.2 Å². The fourth-order valence-electron chi connectivity index (χ4n) is 2.69. The van der Waals surface area contributed by atoms with E-state index in [9.17, 15) is 9.59 Å². The number of hydrogen-bond acceptors (Lipinski definition) is 6. The zero-order chi connectivity index (χ0) is 18.7. The number of thiophene rings is 1. The van der Waals surface area contributed by atoms with Crippen LogP contribution in [0.15, 0.2) is 45.9 Å². The van der Waals surface area contributed by atoms with E-state index in [4.69, 9.17) is 4.74 Å². The zero-order valence-electron chi connectivity index (χ0n) is 14.8. The number of aromatic nitrogens is 2. The van der Waals surface area contributed by atoms with Gasteiger partial charge in [0.15, 0.2) is 5.78 Å². The third-order valence-corrected chi connectivity index (χ3v) is 4.62. The molecule has 0 saturated carbocycles. The minimum absolute atomic E-state index is 0.218. The Morgan fingerprint density at radius 2 is 2.15 bits per heavy atom. The Morgan fingerprint density at radius 1 is 1.35 bits per heavy atom. The largest absolute Gasteiger partial charge is 0.497 e. The van der Waals surface area contributed by atoms with Gasteiger partial charge in [-0.05, 0) is 37.4 Å². The van der Waals surface area contributed by atoms with Crippen molar-refractivity contribution < 1.29 is 9.53 Å². The number of carbonyl (C=O) groups excluding carboxylic acids is 1. The summed E-state index contributed by atoms with van der Waals surface area (Å²) >= 11 is 1.51. The van der Waals surface area contributed by atoms with Crippen molar-refractivity contribution in [2.75, 3.05) is 12.4 Å². The highest BCUT2D eigenvalue weighted by Gasteiger charge is 2.22. The molecule has 2 aromatic heterocycles. The smallest absolute Gasteiger partial charge is 0.291 e. The van der Waals surface area contributed by atoms with Crippen molar-refractivity contribution in [2.45, 2.75) is 20.4 Å². The van der Waals surface area contributed by atoms with Crippen molar-refractivity contribution in [3.8, 4) is 17.0 Å². The van der Waals surface area contributed by atoms with Crippen LogP contribution in [0.1, 0.15) is 24.2 Å². The molecule has 0 aliphatic heterocycles. The van der Waals surface area contributed by atoms with E-state index in [-0.39, 0.29) is 17.0 Å². The first-order valence-electron chi connectivity index (χ1n) is 8.14. The van der Waals surface area contributed by atoms with E-state index in [1.807, 2.05) is 41.9 Å². The molecule has 0 radical (unpaired) electrons. The summed E-state index contributed by atoms with van der Waals surface area (Å²) in [6.07, 6.45) is 0. The molecule has 0 atom stereocenters. The second-order valence-corrected chi connectivity index (χ2v) is 6.42. The molecule has 0 amide bonds. The minimum Gasteiger partial charge on any atom is -0.497 e. The minimum atomic E-state index is -0.334. The predicted molar refractivity (Wildman–Crippen MR) is 104 cm³/mol. The summed E-state index contributed by atoms with van der Waals surface area (Å²) in [5, 5.41) is 11.3. The van der Waals surface area contributed by atoms with Gasteiger partial charge in [-0.25, -0.2) is 4.68 Å². The Kier molecular flexibility index (Phi) is 5.18. The quantitative estimate of drug-likeness (QED) is 0.666. The van der Waals surface area contributed by atoms with Gasteiger partial charge in [-0.3, -0.25) is 9.59 Å². The number of ketones is 1. The van der Waals surface area contributed by atoms with E-state index < -0.39 is 0 Å². The molecule has 1 aromatic carbocycles. The molecule has 0 saturated heterocycles. The normalized spacial score (nSPS) is 10.6. The van der Waals surface area contributed by atoms with Crippen LogP contribution in [0.3, 0.4) is 0 Å². The van der Waals surface area contributed by atoms with Crippen LogP contribution in [0.25, 0.3) is 11.3 Å². The summed E-state index contributed by atoms with van der Waals surface area (Å²) in [5.41, 5.74) is 2.17. The van der Waals surface area contributed by atoms with Crippen LogP contribution in [0.5, 0.6) is 5.75 Å². The summed E-state index contributed by atoms with van der Waals surface area (Å²) in [7, 11) is 1.57. The van der Waals surface area contributed by atoms with Gasteiger partial charge in [-0.2, -0.15) is 16.4 Å². The van der Waals surface area contributed by atoms with Crippen molar-refractivity contribution in [1.29, 1.82) is 0 Å². The lowest BCUT2D eigenvalue weighted by molar-refractivity contribution is 0.101. The number of anilines is 2. The number of aryl methyl sites for hydroxylation is 1. The van der Waals surface area contributed by atoms with Gasteiger partial charge in [0.25, 0.3) is 5.56 Å². The molecule has 7 heteroatoms. The molecule has 26 heavy (non-hydrogen) atoms. The second kappa shape index (κ2) is 7.53. The van der Waals surface area contributed by atoms with Crippen molar-refractivity contribution in [2.24, 2.45) is 0 Å².